The Bertz CT molecular complexity index is 764. The second-order valence-electron chi connectivity index (χ2n) is 6.09. The van der Waals surface area contributed by atoms with Crippen LogP contribution in [0.25, 0.3) is 11.4 Å². The van der Waals surface area contributed by atoms with E-state index in [1.54, 1.807) is 23.1 Å². The number of carbonyl (C=O) groups excluding carboxylic acids is 2. The van der Waals surface area contributed by atoms with E-state index in [4.69, 9.17) is 4.74 Å². The molecule has 0 unspecified atom stereocenters. The topological polar surface area (TPSA) is 120 Å². The fraction of sp³-hybridized carbons (Fsp3) is 0.412. The zero-order chi connectivity index (χ0) is 18.5. The van der Waals surface area contributed by atoms with Gasteiger partial charge >= 0.3 is 0 Å². The van der Waals surface area contributed by atoms with Gasteiger partial charge in [0.15, 0.2) is 5.82 Å². The number of piperidine rings is 1. The van der Waals surface area contributed by atoms with Crippen molar-refractivity contribution in [1.29, 1.82) is 0 Å². The van der Waals surface area contributed by atoms with Gasteiger partial charge in [0.25, 0.3) is 5.91 Å². The molecule has 2 amide bonds. The molecular weight excluding hydrogens is 338 g/mol. The monoisotopic (exact) mass is 359 g/mol. The number of hydrogen-bond acceptors (Lipinski definition) is 6. The molecule has 26 heavy (non-hydrogen) atoms. The number of amides is 2. The molecule has 0 bridgehead atoms. The number of ether oxygens (including phenoxy) is 1. The smallest absolute Gasteiger partial charge is 0.252 e. The SMILES string of the molecule is COCC(=O)N1CC[C@@H](NC(=O)c2ccccc2-c2ncn[nH]2)[C@H](O)C1. The van der Waals surface area contributed by atoms with Crippen molar-refractivity contribution in [3.8, 4) is 11.4 Å². The second-order valence-corrected chi connectivity index (χ2v) is 6.09. The van der Waals surface area contributed by atoms with Crippen LogP contribution in [0, 0.1) is 0 Å². The Labute approximate surface area is 150 Å². The van der Waals surface area contributed by atoms with Gasteiger partial charge in [-0.1, -0.05) is 18.2 Å². The predicted octanol–water partition coefficient (Wildman–Crippen LogP) is -0.190. The number of aromatic nitrogens is 3. The van der Waals surface area contributed by atoms with Crippen molar-refractivity contribution in [2.75, 3.05) is 26.8 Å². The van der Waals surface area contributed by atoms with Gasteiger partial charge in [0, 0.05) is 25.8 Å². The van der Waals surface area contributed by atoms with E-state index in [1.165, 1.54) is 13.4 Å². The van der Waals surface area contributed by atoms with E-state index in [-0.39, 0.29) is 25.0 Å². The molecule has 3 rings (SSSR count). The Morgan fingerprint density at radius 2 is 2.23 bits per heavy atom. The number of nitrogens with one attached hydrogen (secondary N) is 2. The summed E-state index contributed by atoms with van der Waals surface area (Å²) in [6, 6.07) is 6.60. The lowest BCUT2D eigenvalue weighted by molar-refractivity contribution is -0.138. The van der Waals surface area contributed by atoms with E-state index in [0.29, 0.717) is 29.9 Å². The zero-order valence-corrected chi connectivity index (χ0v) is 14.4. The molecule has 9 heteroatoms. The summed E-state index contributed by atoms with van der Waals surface area (Å²) >= 11 is 0. The van der Waals surface area contributed by atoms with E-state index in [2.05, 4.69) is 20.5 Å². The first-order chi connectivity index (χ1) is 12.6. The van der Waals surface area contributed by atoms with Gasteiger partial charge in [0.1, 0.15) is 12.9 Å². The Morgan fingerprint density at radius 1 is 1.42 bits per heavy atom. The Hall–Kier alpha value is -2.78. The summed E-state index contributed by atoms with van der Waals surface area (Å²) in [5.41, 5.74) is 1.07. The molecule has 0 spiro atoms. The molecule has 2 atom stereocenters. The second kappa shape index (κ2) is 8.07. The standard InChI is InChI=1S/C17H21N5O4/c1-26-9-15(24)22-7-6-13(14(23)8-22)20-17(25)12-5-3-2-4-11(12)16-18-10-19-21-16/h2-5,10,13-14,23H,6-9H2,1H3,(H,20,25)(H,18,19,21)/t13-,14-/m1/s1. The van der Waals surface area contributed by atoms with Gasteiger partial charge in [-0.05, 0) is 12.5 Å². The third-order valence-corrected chi connectivity index (χ3v) is 4.36. The molecule has 0 saturated carbocycles. The lowest BCUT2D eigenvalue weighted by atomic mass is 10.00. The Morgan fingerprint density at radius 3 is 2.92 bits per heavy atom. The molecule has 1 saturated heterocycles. The number of β-amino-alcohol motifs (C(OH)–C–C–N with tert-alkyl or cyclic N) is 1. The summed E-state index contributed by atoms with van der Waals surface area (Å²) in [5, 5.41) is 19.7. The number of hydrogen-bond donors (Lipinski definition) is 3. The minimum atomic E-state index is -0.842. The van der Waals surface area contributed by atoms with Gasteiger partial charge in [-0.3, -0.25) is 14.7 Å². The fourth-order valence-corrected chi connectivity index (χ4v) is 3.01. The number of carbonyl (C=O) groups is 2. The maximum absolute atomic E-state index is 12.7. The minimum absolute atomic E-state index is 0.0195. The number of likely N-dealkylation sites (tertiary alicyclic amines) is 1. The van der Waals surface area contributed by atoms with Gasteiger partial charge in [-0.25, -0.2) is 4.98 Å². The molecule has 1 aromatic carbocycles. The van der Waals surface area contributed by atoms with Gasteiger partial charge in [0.2, 0.25) is 5.91 Å². The van der Waals surface area contributed by atoms with Crippen LogP contribution in [0.5, 0.6) is 0 Å². The molecule has 138 valence electrons. The van der Waals surface area contributed by atoms with E-state index in [1.807, 2.05) is 6.07 Å². The lowest BCUT2D eigenvalue weighted by Gasteiger charge is -2.36. The highest BCUT2D eigenvalue weighted by Crippen LogP contribution is 2.20. The Balaban J connectivity index is 1.67. The van der Waals surface area contributed by atoms with Crippen LogP contribution in [0.1, 0.15) is 16.8 Å². The van der Waals surface area contributed by atoms with E-state index >= 15 is 0 Å². The normalized spacial score (nSPS) is 20.0. The van der Waals surface area contributed by atoms with Gasteiger partial charge in [-0.15, -0.1) is 0 Å². The first kappa shape index (κ1) is 18.0. The number of aromatic amines is 1. The third kappa shape index (κ3) is 3.89. The van der Waals surface area contributed by atoms with E-state index < -0.39 is 12.1 Å². The molecule has 2 heterocycles. The van der Waals surface area contributed by atoms with E-state index in [0.717, 1.165) is 0 Å². The highest BCUT2D eigenvalue weighted by molar-refractivity contribution is 6.00. The van der Waals surface area contributed by atoms with Crippen LogP contribution in [0.2, 0.25) is 0 Å². The Kier molecular flexibility index (Phi) is 5.59. The van der Waals surface area contributed by atoms with Crippen LogP contribution in [0.15, 0.2) is 30.6 Å². The molecule has 3 N–H and O–H groups in total. The first-order valence-electron chi connectivity index (χ1n) is 8.30. The first-order valence-corrected chi connectivity index (χ1v) is 8.30. The fourth-order valence-electron chi connectivity index (χ4n) is 3.01. The number of nitrogens with zero attached hydrogens (tertiary/aromatic N) is 3. The summed E-state index contributed by atoms with van der Waals surface area (Å²) in [7, 11) is 1.45. The average Bonchev–Trinajstić information content (AvgIpc) is 3.18. The van der Waals surface area contributed by atoms with Crippen LogP contribution in [-0.4, -0.2) is 76.0 Å². The summed E-state index contributed by atoms with van der Waals surface area (Å²) < 4.78 is 4.83. The largest absolute Gasteiger partial charge is 0.389 e. The molecule has 1 fully saturated rings. The molecule has 2 aromatic rings. The summed E-state index contributed by atoms with van der Waals surface area (Å²) in [6.45, 7) is 0.596. The predicted molar refractivity (Wildman–Crippen MR) is 92.2 cm³/mol. The number of methoxy groups -OCH3 is 1. The van der Waals surface area contributed by atoms with Crippen LogP contribution in [0.3, 0.4) is 0 Å². The third-order valence-electron chi connectivity index (χ3n) is 4.36. The van der Waals surface area contributed by atoms with Crippen LogP contribution in [0.4, 0.5) is 0 Å². The van der Waals surface area contributed by atoms with Crippen molar-refractivity contribution >= 4 is 11.8 Å². The summed E-state index contributed by atoms with van der Waals surface area (Å²) in [5.74, 6) is 0.0148. The van der Waals surface area contributed by atoms with Crippen LogP contribution in [-0.2, 0) is 9.53 Å². The van der Waals surface area contributed by atoms with Gasteiger partial charge < -0.3 is 20.1 Å². The zero-order valence-electron chi connectivity index (χ0n) is 14.4. The lowest BCUT2D eigenvalue weighted by Crippen LogP contribution is -2.55. The maximum Gasteiger partial charge on any atom is 0.252 e. The van der Waals surface area contributed by atoms with Crippen molar-refractivity contribution in [1.82, 2.24) is 25.4 Å². The highest BCUT2D eigenvalue weighted by Gasteiger charge is 2.31. The average molecular weight is 359 g/mol. The number of aliphatic hydroxyl groups is 1. The van der Waals surface area contributed by atoms with Gasteiger partial charge in [0.05, 0.1) is 17.7 Å². The van der Waals surface area contributed by atoms with Crippen LogP contribution >= 0.6 is 0 Å². The molecule has 0 radical (unpaired) electrons. The molecule has 1 aliphatic rings. The van der Waals surface area contributed by atoms with Crippen molar-refractivity contribution < 1.29 is 19.4 Å². The van der Waals surface area contributed by atoms with Crippen LogP contribution < -0.4 is 5.32 Å². The number of benzene rings is 1. The molecule has 9 nitrogen and oxygen atoms in total. The van der Waals surface area contributed by atoms with Crippen molar-refractivity contribution in [2.24, 2.45) is 0 Å². The maximum atomic E-state index is 12.7. The number of H-pyrrole nitrogens is 1. The van der Waals surface area contributed by atoms with Crippen molar-refractivity contribution in [3.05, 3.63) is 36.2 Å². The van der Waals surface area contributed by atoms with E-state index in [9.17, 15) is 14.7 Å². The number of rotatable bonds is 5. The number of aliphatic hydroxyl groups excluding tert-OH is 1. The molecule has 1 aromatic heterocycles. The van der Waals surface area contributed by atoms with Crippen molar-refractivity contribution in [3.63, 3.8) is 0 Å². The van der Waals surface area contributed by atoms with Crippen molar-refractivity contribution in [2.45, 2.75) is 18.6 Å². The minimum Gasteiger partial charge on any atom is -0.389 e. The summed E-state index contributed by atoms with van der Waals surface area (Å²) in [6.07, 6.45) is 0.999. The molecule has 1 aliphatic heterocycles. The van der Waals surface area contributed by atoms with Gasteiger partial charge in [-0.2, -0.15) is 5.10 Å². The summed E-state index contributed by atoms with van der Waals surface area (Å²) in [4.78, 5) is 30.2. The molecule has 0 aliphatic carbocycles. The quantitative estimate of drug-likeness (QED) is 0.680. The molecular formula is C17H21N5O4. The highest BCUT2D eigenvalue weighted by atomic mass is 16.5.